The molecule has 1 aromatic heterocycles. The molecule has 3 heteroatoms. The summed E-state index contributed by atoms with van der Waals surface area (Å²) in [7, 11) is 0. The van der Waals surface area contributed by atoms with Gasteiger partial charge in [-0.15, -0.1) is 11.3 Å². The number of aromatic nitrogens is 1. The molecule has 0 spiro atoms. The van der Waals surface area contributed by atoms with Crippen molar-refractivity contribution in [3.63, 3.8) is 0 Å². The standard InChI is InChI=1S/C12H12FNS/c1-8(2)12-14-11(7-15-12)9-3-5-10(13)6-4-9/h3-8H,1-2H3. The van der Waals surface area contributed by atoms with Crippen molar-refractivity contribution in [2.45, 2.75) is 19.8 Å². The van der Waals surface area contributed by atoms with Gasteiger partial charge in [0.25, 0.3) is 0 Å². The van der Waals surface area contributed by atoms with Crippen LogP contribution >= 0.6 is 11.3 Å². The molecule has 0 bridgehead atoms. The Hall–Kier alpha value is -1.22. The van der Waals surface area contributed by atoms with Gasteiger partial charge in [-0.2, -0.15) is 0 Å². The first kappa shape index (κ1) is 10.3. The maximum absolute atomic E-state index is 12.7. The molecule has 0 amide bonds. The predicted molar refractivity (Wildman–Crippen MR) is 61.6 cm³/mol. The molecule has 1 aromatic carbocycles. The molecular formula is C12H12FNS. The molecule has 0 aliphatic carbocycles. The van der Waals surface area contributed by atoms with Crippen molar-refractivity contribution in [3.8, 4) is 11.3 Å². The lowest BCUT2D eigenvalue weighted by Crippen LogP contribution is -1.85. The minimum absolute atomic E-state index is 0.210. The van der Waals surface area contributed by atoms with Gasteiger partial charge >= 0.3 is 0 Å². The number of hydrogen-bond donors (Lipinski definition) is 0. The van der Waals surface area contributed by atoms with Gasteiger partial charge in [-0.05, 0) is 24.3 Å². The van der Waals surface area contributed by atoms with Gasteiger partial charge in [0.1, 0.15) is 5.82 Å². The predicted octanol–water partition coefficient (Wildman–Crippen LogP) is 4.07. The molecule has 0 aliphatic heterocycles. The minimum Gasteiger partial charge on any atom is -0.241 e. The Bertz CT molecular complexity index is 445. The van der Waals surface area contributed by atoms with Gasteiger partial charge < -0.3 is 0 Å². The number of rotatable bonds is 2. The molecule has 0 atom stereocenters. The highest BCUT2D eigenvalue weighted by atomic mass is 32.1. The Morgan fingerprint density at radius 2 is 1.87 bits per heavy atom. The van der Waals surface area contributed by atoms with Gasteiger partial charge in [0.05, 0.1) is 10.7 Å². The summed E-state index contributed by atoms with van der Waals surface area (Å²) in [5.41, 5.74) is 1.91. The van der Waals surface area contributed by atoms with Gasteiger partial charge in [0.2, 0.25) is 0 Å². The summed E-state index contributed by atoms with van der Waals surface area (Å²) < 4.78 is 12.7. The first-order valence-electron chi connectivity index (χ1n) is 4.88. The lowest BCUT2D eigenvalue weighted by Gasteiger charge is -1.98. The smallest absolute Gasteiger partial charge is 0.123 e. The molecule has 0 saturated heterocycles. The number of hydrogen-bond acceptors (Lipinski definition) is 2. The first-order chi connectivity index (χ1) is 7.16. The van der Waals surface area contributed by atoms with Crippen LogP contribution in [0.15, 0.2) is 29.6 Å². The van der Waals surface area contributed by atoms with Crippen LogP contribution in [0.3, 0.4) is 0 Å². The summed E-state index contributed by atoms with van der Waals surface area (Å²) in [5, 5.41) is 3.14. The second-order valence-electron chi connectivity index (χ2n) is 3.73. The molecule has 0 unspecified atom stereocenters. The molecule has 0 saturated carbocycles. The van der Waals surface area contributed by atoms with Gasteiger partial charge in [0, 0.05) is 16.9 Å². The van der Waals surface area contributed by atoms with Gasteiger partial charge in [-0.1, -0.05) is 13.8 Å². The van der Waals surface area contributed by atoms with Crippen molar-refractivity contribution in [1.29, 1.82) is 0 Å². The summed E-state index contributed by atoms with van der Waals surface area (Å²) in [6.45, 7) is 4.24. The van der Waals surface area contributed by atoms with Crippen LogP contribution in [-0.4, -0.2) is 4.98 Å². The largest absolute Gasteiger partial charge is 0.241 e. The molecule has 0 radical (unpaired) electrons. The highest BCUT2D eigenvalue weighted by Gasteiger charge is 2.07. The van der Waals surface area contributed by atoms with E-state index in [1.807, 2.05) is 5.38 Å². The fourth-order valence-corrected chi connectivity index (χ4v) is 2.15. The van der Waals surface area contributed by atoms with E-state index in [0.29, 0.717) is 5.92 Å². The minimum atomic E-state index is -0.210. The second-order valence-corrected chi connectivity index (χ2v) is 4.62. The monoisotopic (exact) mass is 221 g/mol. The van der Waals surface area contributed by atoms with E-state index in [1.165, 1.54) is 12.1 Å². The Balaban J connectivity index is 2.33. The lowest BCUT2D eigenvalue weighted by atomic mass is 10.2. The Morgan fingerprint density at radius 3 is 2.40 bits per heavy atom. The first-order valence-corrected chi connectivity index (χ1v) is 5.76. The van der Waals surface area contributed by atoms with Crippen molar-refractivity contribution in [1.82, 2.24) is 4.98 Å². The molecule has 0 fully saturated rings. The second kappa shape index (κ2) is 4.11. The van der Waals surface area contributed by atoms with Crippen LogP contribution in [0.4, 0.5) is 4.39 Å². The summed E-state index contributed by atoms with van der Waals surface area (Å²) in [6.07, 6.45) is 0. The van der Waals surface area contributed by atoms with E-state index < -0.39 is 0 Å². The molecule has 78 valence electrons. The van der Waals surface area contributed by atoms with Gasteiger partial charge in [-0.25, -0.2) is 9.37 Å². The van der Waals surface area contributed by atoms with Crippen LogP contribution < -0.4 is 0 Å². The highest BCUT2D eigenvalue weighted by Crippen LogP contribution is 2.26. The average molecular weight is 221 g/mol. The molecule has 15 heavy (non-hydrogen) atoms. The fourth-order valence-electron chi connectivity index (χ4n) is 1.31. The van der Waals surface area contributed by atoms with E-state index in [1.54, 1.807) is 23.5 Å². The Morgan fingerprint density at radius 1 is 1.20 bits per heavy atom. The maximum atomic E-state index is 12.7. The number of benzene rings is 1. The number of nitrogens with zero attached hydrogens (tertiary/aromatic N) is 1. The molecule has 1 nitrogen and oxygen atoms in total. The van der Waals surface area contributed by atoms with Crippen molar-refractivity contribution in [2.24, 2.45) is 0 Å². The van der Waals surface area contributed by atoms with Crippen molar-refractivity contribution in [2.75, 3.05) is 0 Å². The van der Waals surface area contributed by atoms with E-state index in [0.717, 1.165) is 16.3 Å². The lowest BCUT2D eigenvalue weighted by molar-refractivity contribution is 0.628. The van der Waals surface area contributed by atoms with Gasteiger partial charge in [-0.3, -0.25) is 0 Å². The zero-order valence-corrected chi connectivity index (χ0v) is 9.51. The summed E-state index contributed by atoms with van der Waals surface area (Å²) in [4.78, 5) is 4.51. The third-order valence-corrected chi connectivity index (χ3v) is 3.30. The zero-order valence-electron chi connectivity index (χ0n) is 8.70. The molecule has 2 rings (SSSR count). The summed E-state index contributed by atoms with van der Waals surface area (Å²) in [5.74, 6) is 0.238. The van der Waals surface area contributed by atoms with E-state index >= 15 is 0 Å². The van der Waals surface area contributed by atoms with Crippen LogP contribution in [0.1, 0.15) is 24.8 Å². The molecule has 0 N–H and O–H groups in total. The van der Waals surface area contributed by atoms with Gasteiger partial charge in [0.15, 0.2) is 0 Å². The highest BCUT2D eigenvalue weighted by molar-refractivity contribution is 7.10. The maximum Gasteiger partial charge on any atom is 0.123 e. The fraction of sp³-hybridized carbons (Fsp3) is 0.250. The van der Waals surface area contributed by atoms with Crippen LogP contribution in [0.25, 0.3) is 11.3 Å². The SMILES string of the molecule is CC(C)c1nc(-c2ccc(F)cc2)cs1. The third-order valence-electron chi connectivity index (χ3n) is 2.16. The van der Waals surface area contributed by atoms with E-state index in [-0.39, 0.29) is 5.82 Å². The zero-order chi connectivity index (χ0) is 10.8. The summed E-state index contributed by atoms with van der Waals surface area (Å²) in [6, 6.07) is 6.44. The van der Waals surface area contributed by atoms with Crippen LogP contribution in [0.2, 0.25) is 0 Å². The quantitative estimate of drug-likeness (QED) is 0.744. The summed E-state index contributed by atoms with van der Waals surface area (Å²) >= 11 is 1.65. The van der Waals surface area contributed by atoms with E-state index in [2.05, 4.69) is 18.8 Å². The third kappa shape index (κ3) is 2.23. The Kier molecular flexibility index (Phi) is 2.82. The van der Waals surface area contributed by atoms with E-state index in [4.69, 9.17) is 0 Å². The normalized spacial score (nSPS) is 10.9. The average Bonchev–Trinajstić information content (AvgIpc) is 2.68. The topological polar surface area (TPSA) is 12.9 Å². The molecule has 2 aromatic rings. The number of halogens is 1. The number of thiazole rings is 1. The molecule has 1 heterocycles. The van der Waals surface area contributed by atoms with Crippen LogP contribution in [-0.2, 0) is 0 Å². The van der Waals surface area contributed by atoms with Crippen molar-refractivity contribution in [3.05, 3.63) is 40.5 Å². The van der Waals surface area contributed by atoms with Crippen LogP contribution in [0, 0.1) is 5.82 Å². The van der Waals surface area contributed by atoms with Crippen molar-refractivity contribution >= 4 is 11.3 Å². The molecule has 0 aliphatic rings. The molecular weight excluding hydrogens is 209 g/mol. The van der Waals surface area contributed by atoms with E-state index in [9.17, 15) is 4.39 Å². The Labute approximate surface area is 92.6 Å². The van der Waals surface area contributed by atoms with Crippen LogP contribution in [0.5, 0.6) is 0 Å². The van der Waals surface area contributed by atoms with Crippen molar-refractivity contribution < 1.29 is 4.39 Å².